The normalized spacial score (nSPS) is 16.2. The smallest absolute Gasteiger partial charge is 0.247 e. The molecule has 2 heterocycles. The van der Waals surface area contributed by atoms with Crippen molar-refractivity contribution in [3.8, 4) is 11.3 Å². The van der Waals surface area contributed by atoms with Gasteiger partial charge in [-0.1, -0.05) is 30.3 Å². The fraction of sp³-hybridized carbons (Fsp3) is 0.474. The lowest BCUT2D eigenvalue weighted by atomic mass is 10.0. The Morgan fingerprint density at radius 2 is 1.93 bits per heavy atom. The minimum Gasteiger partial charge on any atom is -0.381 e. The Bertz CT molecular complexity index is 885. The lowest BCUT2D eigenvalue weighted by Gasteiger charge is -2.28. The largest absolute Gasteiger partial charge is 0.381 e. The van der Waals surface area contributed by atoms with Gasteiger partial charge in [-0.15, -0.1) is 11.3 Å². The standard InChI is InChI=1S/C19H24N2O4S2/c1-19(2,27(23,24)13-14-8-10-25-11-9-14)17(22)21-18-20-16(12-26-18)15-6-4-3-5-7-15/h3-7,12,14H,8-11,13H2,1-2H3,(H,20,21,22). The number of aromatic nitrogens is 1. The molecule has 1 saturated heterocycles. The van der Waals surface area contributed by atoms with Crippen molar-refractivity contribution >= 4 is 32.2 Å². The lowest BCUT2D eigenvalue weighted by molar-refractivity contribution is -0.117. The van der Waals surface area contributed by atoms with E-state index in [9.17, 15) is 13.2 Å². The van der Waals surface area contributed by atoms with Crippen molar-refractivity contribution in [1.29, 1.82) is 0 Å². The van der Waals surface area contributed by atoms with Gasteiger partial charge >= 0.3 is 0 Å². The summed E-state index contributed by atoms with van der Waals surface area (Å²) < 4.78 is 29.5. The van der Waals surface area contributed by atoms with E-state index in [1.807, 2.05) is 35.7 Å². The van der Waals surface area contributed by atoms with Crippen LogP contribution in [0.5, 0.6) is 0 Å². The monoisotopic (exact) mass is 408 g/mol. The summed E-state index contributed by atoms with van der Waals surface area (Å²) in [5.74, 6) is -0.506. The molecule has 0 unspecified atom stereocenters. The molecule has 1 aromatic heterocycles. The molecule has 1 aromatic carbocycles. The maximum absolute atomic E-state index is 12.9. The van der Waals surface area contributed by atoms with Gasteiger partial charge < -0.3 is 10.1 Å². The number of carbonyl (C=O) groups excluding carboxylic acids is 1. The second-order valence-corrected chi connectivity index (χ2v) is 10.6. The zero-order valence-electron chi connectivity index (χ0n) is 15.5. The molecule has 0 saturated carbocycles. The first kappa shape index (κ1) is 20.0. The maximum Gasteiger partial charge on any atom is 0.247 e. The molecule has 0 atom stereocenters. The highest BCUT2D eigenvalue weighted by atomic mass is 32.2. The Morgan fingerprint density at radius 1 is 1.26 bits per heavy atom. The molecule has 6 nitrogen and oxygen atoms in total. The number of benzene rings is 1. The van der Waals surface area contributed by atoms with Crippen LogP contribution in [-0.4, -0.2) is 43.0 Å². The van der Waals surface area contributed by atoms with Crippen molar-refractivity contribution in [3.05, 3.63) is 35.7 Å². The Balaban J connectivity index is 1.69. The van der Waals surface area contributed by atoms with Gasteiger partial charge in [0.1, 0.15) is 4.75 Å². The number of nitrogens with zero attached hydrogens (tertiary/aromatic N) is 1. The fourth-order valence-electron chi connectivity index (χ4n) is 2.89. The summed E-state index contributed by atoms with van der Waals surface area (Å²) >= 11 is 1.28. The molecule has 1 N–H and O–H groups in total. The van der Waals surface area contributed by atoms with E-state index < -0.39 is 20.5 Å². The quantitative estimate of drug-likeness (QED) is 0.792. The number of hydrogen-bond donors (Lipinski definition) is 1. The molecule has 0 radical (unpaired) electrons. The van der Waals surface area contributed by atoms with E-state index in [4.69, 9.17) is 4.74 Å². The van der Waals surface area contributed by atoms with E-state index in [1.54, 1.807) is 0 Å². The molecular weight excluding hydrogens is 384 g/mol. The summed E-state index contributed by atoms with van der Waals surface area (Å²) in [5.41, 5.74) is 1.69. The molecule has 1 aliphatic heterocycles. The number of sulfone groups is 1. The van der Waals surface area contributed by atoms with Gasteiger partial charge in [0, 0.05) is 24.2 Å². The predicted molar refractivity (Wildman–Crippen MR) is 108 cm³/mol. The first-order chi connectivity index (χ1) is 12.8. The van der Waals surface area contributed by atoms with Crippen LogP contribution in [0.15, 0.2) is 35.7 Å². The van der Waals surface area contributed by atoms with Crippen molar-refractivity contribution in [2.24, 2.45) is 5.92 Å². The molecule has 0 bridgehead atoms. The maximum atomic E-state index is 12.9. The van der Waals surface area contributed by atoms with Gasteiger partial charge in [0.25, 0.3) is 0 Å². The zero-order chi connectivity index (χ0) is 19.5. The van der Waals surface area contributed by atoms with Crippen LogP contribution in [0.4, 0.5) is 5.13 Å². The van der Waals surface area contributed by atoms with Gasteiger partial charge in [-0.2, -0.15) is 0 Å². The second-order valence-electron chi connectivity index (χ2n) is 7.21. The third-order valence-corrected chi connectivity index (χ3v) is 8.32. The Morgan fingerprint density at radius 3 is 2.59 bits per heavy atom. The van der Waals surface area contributed by atoms with Crippen LogP contribution >= 0.6 is 11.3 Å². The van der Waals surface area contributed by atoms with Gasteiger partial charge in [0.05, 0.1) is 11.4 Å². The van der Waals surface area contributed by atoms with E-state index in [2.05, 4.69) is 10.3 Å². The van der Waals surface area contributed by atoms with Gasteiger partial charge in [0.15, 0.2) is 15.0 Å². The SMILES string of the molecule is CC(C)(C(=O)Nc1nc(-c2ccccc2)cs1)S(=O)(=O)CC1CCOCC1. The van der Waals surface area contributed by atoms with Crippen molar-refractivity contribution in [3.63, 3.8) is 0 Å². The third-order valence-electron chi connectivity index (χ3n) is 4.91. The van der Waals surface area contributed by atoms with E-state index in [-0.39, 0.29) is 11.7 Å². The second kappa shape index (κ2) is 8.08. The molecule has 1 fully saturated rings. The third kappa shape index (κ3) is 4.56. The lowest BCUT2D eigenvalue weighted by Crippen LogP contribution is -2.47. The van der Waals surface area contributed by atoms with Gasteiger partial charge in [0.2, 0.25) is 5.91 Å². The molecule has 0 aliphatic carbocycles. The zero-order valence-corrected chi connectivity index (χ0v) is 17.1. The first-order valence-electron chi connectivity index (χ1n) is 8.92. The Labute approximate surface area is 163 Å². The molecule has 146 valence electrons. The molecule has 0 spiro atoms. The number of amides is 1. The highest BCUT2D eigenvalue weighted by Gasteiger charge is 2.43. The molecule has 8 heteroatoms. The average Bonchev–Trinajstić information content (AvgIpc) is 3.11. The number of hydrogen-bond acceptors (Lipinski definition) is 6. The summed E-state index contributed by atoms with van der Waals surface area (Å²) in [7, 11) is -3.61. The molecule has 3 rings (SSSR count). The number of nitrogens with one attached hydrogen (secondary N) is 1. The number of anilines is 1. The van der Waals surface area contributed by atoms with Crippen LogP contribution in [0.3, 0.4) is 0 Å². The molecule has 1 aliphatic rings. The number of ether oxygens (including phenoxy) is 1. The van der Waals surface area contributed by atoms with E-state index >= 15 is 0 Å². The van der Waals surface area contributed by atoms with Gasteiger partial charge in [-0.25, -0.2) is 13.4 Å². The summed E-state index contributed by atoms with van der Waals surface area (Å²) in [6, 6.07) is 9.62. The Kier molecular flexibility index (Phi) is 5.98. The number of thiazole rings is 1. The molecule has 1 amide bonds. The number of carbonyl (C=O) groups is 1. The fourth-order valence-corrected chi connectivity index (χ4v) is 5.31. The van der Waals surface area contributed by atoms with Crippen molar-refractivity contribution in [2.75, 3.05) is 24.3 Å². The molecule has 2 aromatic rings. The topological polar surface area (TPSA) is 85.4 Å². The summed E-state index contributed by atoms with van der Waals surface area (Å²) in [4.78, 5) is 17.1. The first-order valence-corrected chi connectivity index (χ1v) is 11.5. The highest BCUT2D eigenvalue weighted by molar-refractivity contribution is 7.93. The average molecular weight is 409 g/mol. The van der Waals surface area contributed by atoms with E-state index in [0.717, 1.165) is 11.3 Å². The van der Waals surface area contributed by atoms with E-state index in [0.29, 0.717) is 31.2 Å². The van der Waals surface area contributed by atoms with Crippen LogP contribution < -0.4 is 5.32 Å². The minimum absolute atomic E-state index is 0.00388. The summed E-state index contributed by atoms with van der Waals surface area (Å²) in [6.45, 7) is 4.08. The van der Waals surface area contributed by atoms with Gasteiger partial charge in [-0.3, -0.25) is 4.79 Å². The highest BCUT2D eigenvalue weighted by Crippen LogP contribution is 2.28. The van der Waals surface area contributed by atoms with Crippen molar-refractivity contribution < 1.29 is 17.9 Å². The number of rotatable bonds is 6. The van der Waals surface area contributed by atoms with Crippen LogP contribution in [-0.2, 0) is 19.4 Å². The summed E-state index contributed by atoms with van der Waals surface area (Å²) in [5, 5.41) is 4.92. The predicted octanol–water partition coefficient (Wildman–Crippen LogP) is 3.37. The van der Waals surface area contributed by atoms with Crippen molar-refractivity contribution in [1.82, 2.24) is 4.98 Å². The van der Waals surface area contributed by atoms with Crippen LogP contribution in [0.2, 0.25) is 0 Å². The van der Waals surface area contributed by atoms with E-state index in [1.165, 1.54) is 25.2 Å². The van der Waals surface area contributed by atoms with Gasteiger partial charge in [-0.05, 0) is 32.6 Å². The minimum atomic E-state index is -3.61. The Hall–Kier alpha value is -1.77. The van der Waals surface area contributed by atoms with Crippen LogP contribution in [0.25, 0.3) is 11.3 Å². The van der Waals surface area contributed by atoms with Crippen LogP contribution in [0, 0.1) is 5.92 Å². The van der Waals surface area contributed by atoms with Crippen molar-refractivity contribution in [2.45, 2.75) is 31.4 Å². The molecular formula is C19H24N2O4S2. The van der Waals surface area contributed by atoms with Crippen LogP contribution in [0.1, 0.15) is 26.7 Å². The molecule has 27 heavy (non-hydrogen) atoms. The summed E-state index contributed by atoms with van der Waals surface area (Å²) in [6.07, 6.45) is 1.42.